The summed E-state index contributed by atoms with van der Waals surface area (Å²) in [6.07, 6.45) is 5.00. The van der Waals surface area contributed by atoms with Crippen molar-refractivity contribution in [2.75, 3.05) is 0 Å². The highest BCUT2D eigenvalue weighted by atomic mass is 79.9. The van der Waals surface area contributed by atoms with Crippen LogP contribution < -0.4 is 0 Å². The fourth-order valence-corrected chi connectivity index (χ4v) is 5.57. The van der Waals surface area contributed by atoms with Gasteiger partial charge in [-0.05, 0) is 66.9 Å². The first-order valence-corrected chi connectivity index (χ1v) is 14.1. The Balaban J connectivity index is 1.42. The molecule has 0 radical (unpaired) electrons. The zero-order chi connectivity index (χ0) is 27.3. The van der Waals surface area contributed by atoms with E-state index in [1.807, 2.05) is 72.8 Å². The van der Waals surface area contributed by atoms with Crippen molar-refractivity contribution >= 4 is 39.1 Å². The van der Waals surface area contributed by atoms with Gasteiger partial charge in [0.1, 0.15) is 18.5 Å². The second-order valence-corrected chi connectivity index (χ2v) is 11.4. The van der Waals surface area contributed by atoms with Gasteiger partial charge < -0.3 is 4.42 Å². The smallest absolute Gasteiger partial charge is 0.268 e. The molecule has 0 spiro atoms. The molecule has 198 valence electrons. The summed E-state index contributed by atoms with van der Waals surface area (Å²) < 4.78 is 11.2. The van der Waals surface area contributed by atoms with Crippen molar-refractivity contribution < 1.29 is 4.42 Å². The molecule has 1 aliphatic rings. The zero-order valence-corrected chi connectivity index (χ0v) is 24.0. The normalized spacial score (nSPS) is 14.0. The fourth-order valence-electron chi connectivity index (χ4n) is 4.96. The Morgan fingerprint density at radius 1 is 0.925 bits per heavy atom. The van der Waals surface area contributed by atoms with Crippen LogP contribution in [0.25, 0.3) is 28.7 Å². The van der Waals surface area contributed by atoms with Gasteiger partial charge >= 0.3 is 0 Å². The number of halogens is 3. The Labute approximate surface area is 247 Å². The van der Waals surface area contributed by atoms with E-state index in [9.17, 15) is 0 Å². The number of aromatic nitrogens is 7. The molecule has 1 saturated carbocycles. The summed E-state index contributed by atoms with van der Waals surface area (Å²) in [7, 11) is 0. The minimum Gasteiger partial charge on any atom is -0.418 e. The molecule has 0 N–H and O–H groups in total. The number of hydrogen-bond donors (Lipinski definition) is 0. The maximum absolute atomic E-state index is 6.70. The van der Waals surface area contributed by atoms with Gasteiger partial charge in [0.2, 0.25) is 5.89 Å². The average molecular weight is 633 g/mol. The topological polar surface area (TPSA) is 87.5 Å². The van der Waals surface area contributed by atoms with Gasteiger partial charge in [0.05, 0.1) is 22.7 Å². The Morgan fingerprint density at radius 3 is 2.40 bits per heavy atom. The molecule has 0 atom stereocenters. The van der Waals surface area contributed by atoms with Gasteiger partial charge in [-0.1, -0.05) is 63.4 Å². The van der Waals surface area contributed by atoms with Gasteiger partial charge in [-0.15, -0.1) is 10.2 Å². The van der Waals surface area contributed by atoms with Crippen LogP contribution in [-0.2, 0) is 12.0 Å². The maximum Gasteiger partial charge on any atom is 0.268 e. The molecular formula is C29H20BrCl2N7O. The lowest BCUT2D eigenvalue weighted by Crippen LogP contribution is -2.09. The van der Waals surface area contributed by atoms with Crippen molar-refractivity contribution in [3.63, 3.8) is 0 Å². The molecule has 0 unspecified atom stereocenters. The van der Waals surface area contributed by atoms with Crippen LogP contribution in [0.2, 0.25) is 10.0 Å². The van der Waals surface area contributed by atoms with E-state index in [-0.39, 0.29) is 5.41 Å². The van der Waals surface area contributed by atoms with Crippen LogP contribution in [0.15, 0.2) is 94.3 Å². The SMILES string of the molecule is Clc1ccc(C2(c3nnc(-c4nc(-c5ccccc5Cl)n(-c5ccc(Br)cc5)c4Cn4cncn4)o3)CC2)cc1. The van der Waals surface area contributed by atoms with E-state index in [4.69, 9.17) is 32.6 Å². The Hall–Kier alpha value is -3.79. The Bertz CT molecular complexity index is 1810. The third-order valence-electron chi connectivity index (χ3n) is 7.13. The first kappa shape index (κ1) is 25.2. The van der Waals surface area contributed by atoms with Crippen molar-refractivity contribution in [3.8, 4) is 28.7 Å². The minimum absolute atomic E-state index is 0.318. The van der Waals surface area contributed by atoms with Gasteiger partial charge in [-0.2, -0.15) is 5.10 Å². The lowest BCUT2D eigenvalue weighted by molar-refractivity contribution is 0.470. The van der Waals surface area contributed by atoms with Crippen LogP contribution in [0.1, 0.15) is 30.0 Å². The maximum atomic E-state index is 6.70. The van der Waals surface area contributed by atoms with Gasteiger partial charge in [0, 0.05) is 20.7 Å². The Kier molecular flexibility index (Phi) is 6.30. The van der Waals surface area contributed by atoms with Crippen LogP contribution in [0.4, 0.5) is 0 Å². The van der Waals surface area contributed by atoms with Crippen LogP contribution in [-0.4, -0.2) is 34.5 Å². The predicted molar refractivity (Wildman–Crippen MR) is 156 cm³/mol. The summed E-state index contributed by atoms with van der Waals surface area (Å²) in [4.78, 5) is 9.21. The predicted octanol–water partition coefficient (Wildman–Crippen LogP) is 7.38. The van der Waals surface area contributed by atoms with E-state index in [2.05, 4.69) is 40.8 Å². The summed E-state index contributed by atoms with van der Waals surface area (Å²) in [6.45, 7) is 0.364. The van der Waals surface area contributed by atoms with Gasteiger partial charge in [-0.25, -0.2) is 14.6 Å². The van der Waals surface area contributed by atoms with E-state index in [0.29, 0.717) is 39.9 Å². The average Bonchev–Trinajstić information content (AvgIpc) is 3.29. The summed E-state index contributed by atoms with van der Waals surface area (Å²) in [5.74, 6) is 1.54. The number of nitrogens with zero attached hydrogens (tertiary/aromatic N) is 7. The van der Waals surface area contributed by atoms with Gasteiger partial charge in [0.15, 0.2) is 5.69 Å². The molecule has 3 aromatic heterocycles. The molecule has 40 heavy (non-hydrogen) atoms. The second kappa shape index (κ2) is 9.99. The van der Waals surface area contributed by atoms with Crippen molar-refractivity contribution in [1.82, 2.24) is 34.5 Å². The molecule has 0 bridgehead atoms. The Morgan fingerprint density at radius 2 is 1.70 bits per heavy atom. The lowest BCUT2D eigenvalue weighted by Gasteiger charge is -2.14. The molecule has 7 rings (SSSR count). The highest BCUT2D eigenvalue weighted by Crippen LogP contribution is 2.53. The van der Waals surface area contributed by atoms with Crippen LogP contribution >= 0.6 is 39.1 Å². The summed E-state index contributed by atoms with van der Waals surface area (Å²) in [6, 6.07) is 23.4. The largest absolute Gasteiger partial charge is 0.418 e. The van der Waals surface area contributed by atoms with Crippen molar-refractivity contribution in [2.24, 2.45) is 0 Å². The van der Waals surface area contributed by atoms with Crippen LogP contribution in [0.5, 0.6) is 0 Å². The molecule has 3 heterocycles. The standard InChI is InChI=1S/C29H20BrCl2N7O/c30-19-7-11-21(12-8-19)39-24(15-38-17-33-16-34-38)25(35-26(39)22-3-1-2-4-23(22)32)27-36-37-28(40-27)29(13-14-29)18-5-9-20(31)10-6-18/h1-12,16-17H,13-15H2. The van der Waals surface area contributed by atoms with Gasteiger partial charge in [0.25, 0.3) is 5.89 Å². The number of imidazole rings is 1. The molecule has 0 saturated heterocycles. The highest BCUT2D eigenvalue weighted by molar-refractivity contribution is 9.10. The molecule has 3 aromatic carbocycles. The highest BCUT2D eigenvalue weighted by Gasteiger charge is 2.51. The van der Waals surface area contributed by atoms with Crippen molar-refractivity contribution in [3.05, 3.63) is 117 Å². The van der Waals surface area contributed by atoms with Crippen molar-refractivity contribution in [1.29, 1.82) is 0 Å². The minimum atomic E-state index is -0.318. The third kappa shape index (κ3) is 4.44. The molecule has 8 nitrogen and oxygen atoms in total. The van der Waals surface area contributed by atoms with Crippen molar-refractivity contribution in [2.45, 2.75) is 24.8 Å². The van der Waals surface area contributed by atoms with Crippen LogP contribution in [0, 0.1) is 0 Å². The van der Waals surface area contributed by atoms with E-state index in [1.54, 1.807) is 11.0 Å². The van der Waals surface area contributed by atoms with E-state index < -0.39 is 0 Å². The molecule has 6 aromatic rings. The molecule has 0 amide bonds. The van der Waals surface area contributed by atoms with Crippen LogP contribution in [0.3, 0.4) is 0 Å². The quantitative estimate of drug-likeness (QED) is 0.182. The summed E-state index contributed by atoms with van der Waals surface area (Å²) in [5.41, 5.74) is 3.81. The lowest BCUT2D eigenvalue weighted by atomic mass is 9.96. The first-order valence-electron chi connectivity index (χ1n) is 12.6. The van der Waals surface area contributed by atoms with E-state index >= 15 is 0 Å². The number of benzene rings is 3. The number of hydrogen-bond acceptors (Lipinski definition) is 6. The second-order valence-electron chi connectivity index (χ2n) is 9.62. The number of rotatable bonds is 7. The summed E-state index contributed by atoms with van der Waals surface area (Å²) >= 11 is 16.4. The molecule has 11 heteroatoms. The zero-order valence-electron chi connectivity index (χ0n) is 20.9. The monoisotopic (exact) mass is 631 g/mol. The summed E-state index contributed by atoms with van der Waals surface area (Å²) in [5, 5.41) is 14.6. The molecule has 0 aliphatic heterocycles. The fraction of sp³-hybridized carbons (Fsp3) is 0.138. The molecule has 1 fully saturated rings. The molecule has 1 aliphatic carbocycles. The molecular weight excluding hydrogens is 613 g/mol. The van der Waals surface area contributed by atoms with E-state index in [0.717, 1.165) is 39.8 Å². The third-order valence-corrected chi connectivity index (χ3v) is 8.24. The first-order chi connectivity index (χ1) is 19.5. The van der Waals surface area contributed by atoms with Gasteiger partial charge in [-0.3, -0.25) is 4.57 Å². The van der Waals surface area contributed by atoms with E-state index in [1.165, 1.54) is 6.33 Å².